The second kappa shape index (κ2) is 16.1. The number of ether oxygens (including phenoxy) is 1. The van der Waals surface area contributed by atoms with Gasteiger partial charge in [0.25, 0.3) is 5.91 Å². The summed E-state index contributed by atoms with van der Waals surface area (Å²) in [6.45, 7) is 3.76. The SMILES string of the molecule is COc1cccc(NC(=O)c2c(-c3ccc(F)cc3)c(-c3ccc(F)cc3)c(CC[C@@H](O)C[C@@H](O)CC(=O)[O-])n2C(C)C)n1.[Na+]. The number of nitrogens with zero attached hydrogens (tertiary/aromatic N) is 2. The summed E-state index contributed by atoms with van der Waals surface area (Å²) in [6, 6.07) is 16.1. The molecule has 0 unspecified atom stereocenters. The number of hydrogen-bond donors (Lipinski definition) is 3. The number of carbonyl (C=O) groups excluding carboxylic acids is 2. The molecule has 4 rings (SSSR count). The summed E-state index contributed by atoms with van der Waals surface area (Å²) in [6.07, 6.45) is -2.87. The average molecular weight is 630 g/mol. The van der Waals surface area contributed by atoms with E-state index in [2.05, 4.69) is 10.3 Å². The molecule has 0 saturated carbocycles. The first-order valence-electron chi connectivity index (χ1n) is 14.2. The zero-order valence-corrected chi connectivity index (χ0v) is 27.6. The van der Waals surface area contributed by atoms with Gasteiger partial charge in [-0.2, -0.15) is 4.98 Å². The van der Waals surface area contributed by atoms with E-state index >= 15 is 0 Å². The van der Waals surface area contributed by atoms with E-state index in [1.54, 1.807) is 42.5 Å². The fraction of sp³-hybridized carbons (Fsp3) is 0.303. The van der Waals surface area contributed by atoms with Crippen molar-refractivity contribution in [2.24, 2.45) is 0 Å². The van der Waals surface area contributed by atoms with E-state index in [0.717, 1.165) is 0 Å². The first kappa shape index (κ1) is 35.9. The van der Waals surface area contributed by atoms with Gasteiger partial charge < -0.3 is 34.7 Å². The summed E-state index contributed by atoms with van der Waals surface area (Å²) in [4.78, 5) is 29.3. The number of aliphatic carboxylic acids is 1. The van der Waals surface area contributed by atoms with Crippen LogP contribution in [0.5, 0.6) is 5.88 Å². The molecule has 2 aromatic carbocycles. The second-order valence-electron chi connectivity index (χ2n) is 10.7. The maximum absolute atomic E-state index is 14.1. The Bertz CT molecular complexity index is 1610. The number of halogens is 2. The van der Waals surface area contributed by atoms with Gasteiger partial charge in [0, 0.05) is 41.3 Å². The first-order valence-corrected chi connectivity index (χ1v) is 14.2. The minimum Gasteiger partial charge on any atom is -0.550 e. The molecule has 45 heavy (non-hydrogen) atoms. The van der Waals surface area contributed by atoms with Crippen molar-refractivity contribution >= 4 is 17.7 Å². The van der Waals surface area contributed by atoms with Crippen LogP contribution < -0.4 is 44.7 Å². The summed E-state index contributed by atoms with van der Waals surface area (Å²) in [5.41, 5.74) is 3.02. The van der Waals surface area contributed by atoms with E-state index in [0.29, 0.717) is 33.8 Å². The van der Waals surface area contributed by atoms with Crippen molar-refractivity contribution in [2.45, 2.75) is 57.8 Å². The van der Waals surface area contributed by atoms with E-state index in [9.17, 15) is 33.7 Å². The predicted molar refractivity (Wildman–Crippen MR) is 159 cm³/mol. The number of anilines is 1. The Hall–Kier alpha value is -3.61. The number of amides is 1. The van der Waals surface area contributed by atoms with Crippen LogP contribution in [0.3, 0.4) is 0 Å². The van der Waals surface area contributed by atoms with Gasteiger partial charge in [-0.1, -0.05) is 30.3 Å². The third kappa shape index (κ3) is 8.99. The number of carboxylic acids is 1. The van der Waals surface area contributed by atoms with E-state index in [-0.39, 0.29) is 66.4 Å². The van der Waals surface area contributed by atoms with E-state index in [1.807, 2.05) is 18.4 Å². The van der Waals surface area contributed by atoms with Gasteiger partial charge in [0.05, 0.1) is 19.3 Å². The maximum Gasteiger partial charge on any atom is 1.00 e. The Labute approximate surface area is 282 Å². The summed E-state index contributed by atoms with van der Waals surface area (Å²) in [5.74, 6) is -2.34. The molecule has 3 N–H and O–H groups in total. The fourth-order valence-corrected chi connectivity index (χ4v) is 5.29. The third-order valence-electron chi connectivity index (χ3n) is 7.14. The van der Waals surface area contributed by atoms with Crippen molar-refractivity contribution in [3.63, 3.8) is 0 Å². The van der Waals surface area contributed by atoms with Crippen LogP contribution in [0.15, 0.2) is 66.7 Å². The number of nitrogens with one attached hydrogen (secondary N) is 1. The fourth-order valence-electron chi connectivity index (χ4n) is 5.29. The number of aliphatic hydroxyl groups is 2. The molecule has 0 saturated heterocycles. The molecule has 232 valence electrons. The summed E-state index contributed by atoms with van der Waals surface area (Å²) < 4.78 is 35.1. The van der Waals surface area contributed by atoms with Crippen molar-refractivity contribution in [1.29, 1.82) is 0 Å². The van der Waals surface area contributed by atoms with Gasteiger partial charge in [-0.15, -0.1) is 0 Å². The van der Waals surface area contributed by atoms with E-state index < -0.39 is 42.1 Å². The third-order valence-corrected chi connectivity index (χ3v) is 7.14. The average Bonchev–Trinajstić information content (AvgIpc) is 3.32. The number of aromatic nitrogens is 2. The van der Waals surface area contributed by atoms with Crippen LogP contribution in [0.1, 0.15) is 55.3 Å². The van der Waals surface area contributed by atoms with Gasteiger partial charge in [-0.05, 0) is 74.6 Å². The van der Waals surface area contributed by atoms with Crippen LogP contribution in [0.25, 0.3) is 22.3 Å². The van der Waals surface area contributed by atoms with Gasteiger partial charge in [0.2, 0.25) is 5.88 Å². The summed E-state index contributed by atoms with van der Waals surface area (Å²) in [5, 5.41) is 34.5. The Morgan fingerprint density at radius 3 is 2.04 bits per heavy atom. The Kier molecular flexibility index (Phi) is 12.8. The molecular weight excluding hydrogens is 595 g/mol. The number of carboxylic acid groups (broad SMARTS) is 1. The van der Waals surface area contributed by atoms with Crippen LogP contribution in [-0.4, -0.2) is 51.0 Å². The minimum atomic E-state index is -1.43. The summed E-state index contributed by atoms with van der Waals surface area (Å²) in [7, 11) is 1.46. The number of rotatable bonds is 13. The molecule has 0 spiro atoms. The van der Waals surface area contributed by atoms with E-state index in [4.69, 9.17) is 4.74 Å². The van der Waals surface area contributed by atoms with Crippen molar-refractivity contribution in [3.8, 4) is 28.1 Å². The van der Waals surface area contributed by atoms with Gasteiger partial charge in [-0.25, -0.2) is 8.78 Å². The van der Waals surface area contributed by atoms with Crippen molar-refractivity contribution < 1.29 is 68.0 Å². The van der Waals surface area contributed by atoms with Gasteiger partial charge in [0.1, 0.15) is 23.1 Å². The van der Waals surface area contributed by atoms with Crippen LogP contribution in [-0.2, 0) is 11.2 Å². The predicted octanol–water partition coefficient (Wildman–Crippen LogP) is 1.53. The molecule has 12 heteroatoms. The molecule has 0 aliphatic carbocycles. The molecule has 9 nitrogen and oxygen atoms in total. The van der Waals surface area contributed by atoms with Crippen LogP contribution in [0.4, 0.5) is 14.6 Å². The molecule has 0 bridgehead atoms. The number of aliphatic hydroxyl groups excluding tert-OH is 2. The molecular formula is C33H34F2N3NaO6. The Balaban J connectivity index is 0.00000552. The van der Waals surface area contributed by atoms with Gasteiger partial charge in [0.15, 0.2) is 0 Å². The van der Waals surface area contributed by atoms with Gasteiger partial charge in [-0.3, -0.25) is 4.79 Å². The molecule has 1 amide bonds. The first-order chi connectivity index (χ1) is 21.0. The monoisotopic (exact) mass is 629 g/mol. The van der Waals surface area contributed by atoms with Crippen molar-refractivity contribution in [3.05, 3.63) is 89.8 Å². The van der Waals surface area contributed by atoms with Crippen LogP contribution in [0.2, 0.25) is 0 Å². The molecule has 0 aliphatic heterocycles. The summed E-state index contributed by atoms with van der Waals surface area (Å²) >= 11 is 0. The quantitative estimate of drug-likeness (QED) is 0.191. The Morgan fingerprint density at radius 1 is 0.933 bits per heavy atom. The zero-order chi connectivity index (χ0) is 32.0. The number of benzene rings is 2. The molecule has 0 aliphatic rings. The van der Waals surface area contributed by atoms with Crippen molar-refractivity contribution in [1.82, 2.24) is 9.55 Å². The molecule has 0 fully saturated rings. The number of carbonyl (C=O) groups is 2. The van der Waals surface area contributed by atoms with Crippen molar-refractivity contribution in [2.75, 3.05) is 12.4 Å². The van der Waals surface area contributed by atoms with Crippen LogP contribution >= 0.6 is 0 Å². The largest absolute Gasteiger partial charge is 1.00 e. The topological polar surface area (TPSA) is 137 Å². The molecule has 0 radical (unpaired) electrons. The standard InChI is InChI=1S/C33H35F2N3O6.Na/c1-19(2)38-26(16-15-24(39)17-25(40)18-29(41)42)30(20-7-11-22(34)12-8-20)31(21-9-13-23(35)14-10-21)32(38)33(43)37-27-5-4-6-28(36-27)44-3;/h4-14,19,24-25,39-40H,15-18H2,1-3H3,(H,41,42)(H,36,37,43);/q;+1/p-1/t24-,25-;/m1./s1. The zero-order valence-electron chi connectivity index (χ0n) is 25.6. The molecule has 4 aromatic rings. The number of hydrogen-bond acceptors (Lipinski definition) is 7. The van der Waals surface area contributed by atoms with Crippen LogP contribution in [0, 0.1) is 11.6 Å². The second-order valence-corrected chi connectivity index (χ2v) is 10.7. The molecule has 2 heterocycles. The molecule has 2 atom stereocenters. The minimum absolute atomic E-state index is 0. The molecule has 2 aromatic heterocycles. The normalized spacial score (nSPS) is 12.4. The smallest absolute Gasteiger partial charge is 0.550 e. The Morgan fingerprint density at radius 2 is 1.51 bits per heavy atom. The number of pyridine rings is 1. The van der Waals surface area contributed by atoms with Gasteiger partial charge >= 0.3 is 29.6 Å². The number of methoxy groups -OCH3 is 1. The van der Waals surface area contributed by atoms with E-state index in [1.165, 1.54) is 31.4 Å². The maximum atomic E-state index is 14.1.